The fourth-order valence-corrected chi connectivity index (χ4v) is 6.62. The van der Waals surface area contributed by atoms with Gasteiger partial charge < -0.3 is 23.7 Å². The van der Waals surface area contributed by atoms with Crippen LogP contribution in [0.2, 0.25) is 5.02 Å². The van der Waals surface area contributed by atoms with E-state index in [9.17, 15) is 14.0 Å². The summed E-state index contributed by atoms with van der Waals surface area (Å²) in [6, 6.07) is 14.1. The van der Waals surface area contributed by atoms with Crippen LogP contribution in [0.1, 0.15) is 57.4 Å². The highest BCUT2D eigenvalue weighted by atomic mass is 35.5. The predicted molar refractivity (Wildman–Crippen MR) is 183 cm³/mol. The second kappa shape index (κ2) is 15.1. The Hall–Kier alpha value is -4.61. The summed E-state index contributed by atoms with van der Waals surface area (Å²) in [4.78, 5) is 32.6. The lowest BCUT2D eigenvalue weighted by Gasteiger charge is -2.25. The van der Waals surface area contributed by atoms with Crippen LogP contribution < -0.4 is 33.8 Å². The summed E-state index contributed by atoms with van der Waals surface area (Å²) in [5, 5.41) is 0.227. The smallest absolute Gasteiger partial charge is 0.338 e. The molecule has 0 saturated heterocycles. The van der Waals surface area contributed by atoms with Gasteiger partial charge in [0, 0.05) is 5.56 Å². The Bertz CT molecular complexity index is 2050. The zero-order chi connectivity index (χ0) is 34.5. The normalized spacial score (nSPS) is 14.4. The lowest BCUT2D eigenvalue weighted by molar-refractivity contribution is -0.139. The van der Waals surface area contributed by atoms with Gasteiger partial charge in [0.1, 0.15) is 12.4 Å². The molecule has 1 aliphatic rings. The van der Waals surface area contributed by atoms with Gasteiger partial charge in [-0.05, 0) is 82.2 Å². The van der Waals surface area contributed by atoms with Crippen LogP contribution in [0.25, 0.3) is 6.08 Å². The summed E-state index contributed by atoms with van der Waals surface area (Å²) >= 11 is 7.84. The molecule has 0 N–H and O–H groups in total. The molecule has 3 aromatic carbocycles. The highest BCUT2D eigenvalue weighted by Gasteiger charge is 2.34. The van der Waals surface area contributed by atoms with Crippen molar-refractivity contribution in [1.29, 1.82) is 0 Å². The number of halogens is 2. The molecule has 12 heteroatoms. The van der Waals surface area contributed by atoms with E-state index in [1.165, 1.54) is 29.1 Å². The molecule has 5 rings (SSSR count). The lowest BCUT2D eigenvalue weighted by atomic mass is 9.95. The summed E-state index contributed by atoms with van der Waals surface area (Å²) in [5.41, 5.74) is 1.87. The number of thiazole rings is 1. The molecule has 1 aliphatic heterocycles. The highest BCUT2D eigenvalue weighted by Crippen LogP contribution is 2.38. The van der Waals surface area contributed by atoms with Gasteiger partial charge in [-0.1, -0.05) is 47.2 Å². The molecule has 0 saturated carbocycles. The molecule has 0 aliphatic carbocycles. The van der Waals surface area contributed by atoms with Gasteiger partial charge in [-0.3, -0.25) is 9.36 Å². The molecule has 48 heavy (non-hydrogen) atoms. The summed E-state index contributed by atoms with van der Waals surface area (Å²) in [6.45, 7) is 9.49. The lowest BCUT2D eigenvalue weighted by Crippen LogP contribution is -2.40. The first-order valence-corrected chi connectivity index (χ1v) is 16.6. The largest absolute Gasteiger partial charge is 0.493 e. The molecule has 0 amide bonds. The molecule has 2 heterocycles. The van der Waals surface area contributed by atoms with Crippen molar-refractivity contribution in [3.8, 4) is 23.0 Å². The predicted octanol–water partition coefficient (Wildman–Crippen LogP) is 6.36. The maximum absolute atomic E-state index is 14.2. The molecular formula is C36H36ClFN2O7S. The van der Waals surface area contributed by atoms with Gasteiger partial charge in [-0.15, -0.1) is 0 Å². The van der Waals surface area contributed by atoms with E-state index >= 15 is 0 Å². The minimum atomic E-state index is -0.846. The first kappa shape index (κ1) is 34.7. The van der Waals surface area contributed by atoms with Crippen LogP contribution in [0, 0.1) is 5.82 Å². The minimum Gasteiger partial charge on any atom is -0.493 e. The molecule has 252 valence electrons. The van der Waals surface area contributed by atoms with Crippen molar-refractivity contribution in [2.75, 3.05) is 20.3 Å². The quantitative estimate of drug-likeness (QED) is 0.159. The first-order chi connectivity index (χ1) is 23.1. The fourth-order valence-electron chi connectivity index (χ4n) is 5.30. The highest BCUT2D eigenvalue weighted by molar-refractivity contribution is 7.07. The average molecular weight is 695 g/mol. The minimum absolute atomic E-state index is 0.0536. The Balaban J connectivity index is 1.61. The van der Waals surface area contributed by atoms with Crippen LogP contribution in [0.15, 0.2) is 75.7 Å². The molecule has 0 fully saturated rings. The second-order valence-corrected chi connectivity index (χ2v) is 12.4. The van der Waals surface area contributed by atoms with Crippen LogP contribution in [-0.4, -0.2) is 37.0 Å². The molecule has 0 bridgehead atoms. The van der Waals surface area contributed by atoms with Crippen molar-refractivity contribution in [3.05, 3.63) is 113 Å². The van der Waals surface area contributed by atoms with E-state index < -0.39 is 17.8 Å². The third-order valence-electron chi connectivity index (χ3n) is 7.34. The summed E-state index contributed by atoms with van der Waals surface area (Å²) in [5.74, 6) is 0.625. The van der Waals surface area contributed by atoms with Crippen LogP contribution in [-0.2, 0) is 16.1 Å². The van der Waals surface area contributed by atoms with Crippen molar-refractivity contribution in [1.82, 2.24) is 4.57 Å². The number of hydrogen-bond donors (Lipinski definition) is 0. The number of ether oxygens (including phenoxy) is 5. The number of fused-ring (bicyclic) bond motifs is 1. The molecule has 9 nitrogen and oxygen atoms in total. The average Bonchev–Trinajstić information content (AvgIpc) is 3.34. The zero-order valence-electron chi connectivity index (χ0n) is 27.5. The standard InChI is InChI=1S/C36H36ClFN2O7S/c1-7-44-29-16-22(15-25(37)33(29)46-19-24-11-9-10-12-26(24)38)17-30-34(41)40-32(23-13-14-27(47-20(3)4)28(18-23)43-6)31(35(42)45-8-2)21(5)39-36(40)48-30/h9-18,20,32H,7-8,19H2,1-6H3/b30-17-/t32-/m0/s1. The Morgan fingerprint density at radius 1 is 1.06 bits per heavy atom. The van der Waals surface area contributed by atoms with E-state index in [1.807, 2.05) is 20.8 Å². The molecule has 0 spiro atoms. The molecule has 0 unspecified atom stereocenters. The van der Waals surface area contributed by atoms with E-state index in [0.29, 0.717) is 55.6 Å². The molecule has 1 aromatic heterocycles. The maximum Gasteiger partial charge on any atom is 0.338 e. The first-order valence-electron chi connectivity index (χ1n) is 15.4. The van der Waals surface area contributed by atoms with Crippen molar-refractivity contribution in [2.45, 2.75) is 53.4 Å². The Labute approximate surface area is 286 Å². The van der Waals surface area contributed by atoms with E-state index in [2.05, 4.69) is 4.99 Å². The van der Waals surface area contributed by atoms with Gasteiger partial charge >= 0.3 is 5.97 Å². The number of allylic oxidation sites excluding steroid dienone is 1. The van der Waals surface area contributed by atoms with Gasteiger partial charge in [0.2, 0.25) is 0 Å². The number of rotatable bonds is 12. The van der Waals surface area contributed by atoms with Crippen molar-refractivity contribution >= 4 is 35.0 Å². The molecule has 1 atom stereocenters. The third kappa shape index (κ3) is 7.27. The topological polar surface area (TPSA) is 97.6 Å². The number of aromatic nitrogens is 1. The summed E-state index contributed by atoms with van der Waals surface area (Å²) in [7, 11) is 1.53. The zero-order valence-corrected chi connectivity index (χ0v) is 29.0. The monoisotopic (exact) mass is 694 g/mol. The molecule has 4 aromatic rings. The second-order valence-electron chi connectivity index (χ2n) is 11.0. The Morgan fingerprint density at radius 2 is 1.83 bits per heavy atom. The summed E-state index contributed by atoms with van der Waals surface area (Å²) in [6.07, 6.45) is 1.59. The molecule has 0 radical (unpaired) electrons. The number of esters is 1. The number of nitrogens with zero attached hydrogens (tertiary/aromatic N) is 2. The Morgan fingerprint density at radius 3 is 2.52 bits per heavy atom. The van der Waals surface area contributed by atoms with E-state index in [-0.39, 0.29) is 41.2 Å². The van der Waals surface area contributed by atoms with Crippen LogP contribution in [0.3, 0.4) is 0 Å². The number of carbonyl (C=O) groups excluding carboxylic acids is 1. The van der Waals surface area contributed by atoms with E-state index in [0.717, 1.165) is 0 Å². The Kier molecular flexibility index (Phi) is 10.9. The van der Waals surface area contributed by atoms with Gasteiger partial charge in [0.15, 0.2) is 27.8 Å². The SMILES string of the molecule is CCOC(=O)C1=C(C)N=c2s/c(=C\c3cc(Cl)c(OCc4ccccc4F)c(OCC)c3)c(=O)n2[C@H]1c1ccc(OC(C)C)c(OC)c1. The van der Waals surface area contributed by atoms with E-state index in [1.54, 1.807) is 68.5 Å². The number of benzene rings is 3. The van der Waals surface area contributed by atoms with Crippen molar-refractivity contribution < 1.29 is 32.9 Å². The van der Waals surface area contributed by atoms with Crippen LogP contribution in [0.5, 0.6) is 23.0 Å². The number of methoxy groups -OCH3 is 1. The summed E-state index contributed by atoms with van der Waals surface area (Å²) < 4.78 is 44.7. The number of carbonyl (C=O) groups is 1. The van der Waals surface area contributed by atoms with Gasteiger partial charge in [-0.2, -0.15) is 0 Å². The maximum atomic E-state index is 14.2. The fraction of sp³-hybridized carbons (Fsp3) is 0.306. The van der Waals surface area contributed by atoms with Crippen molar-refractivity contribution in [3.63, 3.8) is 0 Å². The third-order valence-corrected chi connectivity index (χ3v) is 8.61. The van der Waals surface area contributed by atoms with Crippen LogP contribution in [0.4, 0.5) is 4.39 Å². The van der Waals surface area contributed by atoms with Crippen LogP contribution >= 0.6 is 22.9 Å². The van der Waals surface area contributed by atoms with Gasteiger partial charge in [0.25, 0.3) is 5.56 Å². The van der Waals surface area contributed by atoms with Gasteiger partial charge in [-0.25, -0.2) is 14.2 Å². The van der Waals surface area contributed by atoms with E-state index in [4.69, 9.17) is 35.3 Å². The molecular weight excluding hydrogens is 659 g/mol. The number of hydrogen-bond acceptors (Lipinski definition) is 9. The van der Waals surface area contributed by atoms with Gasteiger partial charge in [0.05, 0.1) is 53.3 Å². The van der Waals surface area contributed by atoms with Crippen molar-refractivity contribution in [2.24, 2.45) is 4.99 Å².